The fraction of sp³-hybridized carbons (Fsp3) is 0.304. The standard InChI is InChI=1S/C23H27N3O3/c1-16(2)15-29-21-11-9-18(10-12-21)22-19(13-24-17(3)23(27)28)14-26(25-22)20-7-5-4-6-8-20/h4-12,14,16-17,24H,13,15H2,1-3H3,(H,27,28). The molecule has 0 aliphatic heterocycles. The molecule has 3 aromatic rings. The molecular formula is C23H27N3O3. The van der Waals surface area contributed by atoms with Crippen molar-refractivity contribution in [3.63, 3.8) is 0 Å². The van der Waals surface area contributed by atoms with Gasteiger partial charge in [-0.15, -0.1) is 0 Å². The van der Waals surface area contributed by atoms with Gasteiger partial charge in [0, 0.05) is 23.9 Å². The van der Waals surface area contributed by atoms with E-state index in [2.05, 4.69) is 19.2 Å². The Morgan fingerprint density at radius 2 is 1.79 bits per heavy atom. The molecule has 1 unspecified atom stereocenters. The Kier molecular flexibility index (Phi) is 6.67. The molecule has 0 aliphatic carbocycles. The number of benzene rings is 2. The van der Waals surface area contributed by atoms with Gasteiger partial charge >= 0.3 is 5.97 Å². The normalized spacial score (nSPS) is 12.1. The highest BCUT2D eigenvalue weighted by Gasteiger charge is 2.15. The van der Waals surface area contributed by atoms with Crippen LogP contribution in [0.3, 0.4) is 0 Å². The second-order valence-electron chi connectivity index (χ2n) is 7.45. The fourth-order valence-corrected chi connectivity index (χ4v) is 2.82. The van der Waals surface area contributed by atoms with E-state index >= 15 is 0 Å². The second-order valence-corrected chi connectivity index (χ2v) is 7.45. The molecule has 0 spiro atoms. The van der Waals surface area contributed by atoms with Crippen LogP contribution in [0.1, 0.15) is 26.3 Å². The van der Waals surface area contributed by atoms with Gasteiger partial charge in [-0.2, -0.15) is 5.10 Å². The monoisotopic (exact) mass is 393 g/mol. The summed E-state index contributed by atoms with van der Waals surface area (Å²) in [6, 6.07) is 17.1. The Bertz CT molecular complexity index is 934. The number of ether oxygens (including phenoxy) is 1. The van der Waals surface area contributed by atoms with Crippen molar-refractivity contribution < 1.29 is 14.6 Å². The number of nitrogens with zero attached hydrogens (tertiary/aromatic N) is 2. The number of aromatic nitrogens is 2. The van der Waals surface area contributed by atoms with Gasteiger partial charge in [-0.05, 0) is 49.2 Å². The van der Waals surface area contributed by atoms with E-state index in [0.717, 1.165) is 28.3 Å². The van der Waals surface area contributed by atoms with E-state index < -0.39 is 12.0 Å². The summed E-state index contributed by atoms with van der Waals surface area (Å²) < 4.78 is 7.59. The quantitative estimate of drug-likeness (QED) is 0.571. The molecule has 1 atom stereocenters. The molecular weight excluding hydrogens is 366 g/mol. The van der Waals surface area contributed by atoms with Gasteiger partial charge in [-0.3, -0.25) is 4.79 Å². The molecule has 152 valence electrons. The lowest BCUT2D eigenvalue weighted by Crippen LogP contribution is -2.33. The summed E-state index contributed by atoms with van der Waals surface area (Å²) in [6.45, 7) is 6.93. The molecule has 6 heteroatoms. The summed E-state index contributed by atoms with van der Waals surface area (Å²) in [6.07, 6.45) is 1.94. The van der Waals surface area contributed by atoms with Crippen molar-refractivity contribution >= 4 is 5.97 Å². The highest BCUT2D eigenvalue weighted by atomic mass is 16.5. The van der Waals surface area contributed by atoms with E-state index in [0.29, 0.717) is 19.1 Å². The van der Waals surface area contributed by atoms with E-state index in [1.54, 1.807) is 6.92 Å². The van der Waals surface area contributed by atoms with Crippen LogP contribution in [0, 0.1) is 5.92 Å². The number of carbonyl (C=O) groups is 1. The molecule has 3 rings (SSSR count). The van der Waals surface area contributed by atoms with Crippen molar-refractivity contribution in [3.8, 4) is 22.7 Å². The number of para-hydroxylation sites is 1. The van der Waals surface area contributed by atoms with Crippen LogP contribution in [0.5, 0.6) is 5.75 Å². The van der Waals surface area contributed by atoms with Gasteiger partial charge in [0.25, 0.3) is 0 Å². The van der Waals surface area contributed by atoms with Gasteiger partial charge in [-0.25, -0.2) is 4.68 Å². The maximum atomic E-state index is 11.2. The lowest BCUT2D eigenvalue weighted by atomic mass is 10.1. The third kappa shape index (κ3) is 5.45. The number of nitrogens with one attached hydrogen (secondary N) is 1. The van der Waals surface area contributed by atoms with Crippen molar-refractivity contribution in [1.29, 1.82) is 0 Å². The average molecular weight is 393 g/mol. The maximum Gasteiger partial charge on any atom is 0.320 e. The lowest BCUT2D eigenvalue weighted by Gasteiger charge is -2.10. The molecule has 1 aromatic heterocycles. The zero-order valence-corrected chi connectivity index (χ0v) is 17.0. The zero-order valence-electron chi connectivity index (χ0n) is 17.0. The number of carboxylic acid groups (broad SMARTS) is 1. The van der Waals surface area contributed by atoms with Crippen LogP contribution in [0.15, 0.2) is 60.8 Å². The van der Waals surface area contributed by atoms with Crippen LogP contribution in [0.4, 0.5) is 0 Å². The largest absolute Gasteiger partial charge is 0.493 e. The second kappa shape index (κ2) is 9.39. The van der Waals surface area contributed by atoms with Crippen molar-refractivity contribution in [3.05, 3.63) is 66.4 Å². The van der Waals surface area contributed by atoms with E-state index in [4.69, 9.17) is 14.9 Å². The molecule has 0 radical (unpaired) electrons. The Hall–Kier alpha value is -3.12. The summed E-state index contributed by atoms with van der Waals surface area (Å²) in [5.74, 6) is 0.405. The molecule has 0 aliphatic rings. The van der Waals surface area contributed by atoms with Crippen molar-refractivity contribution in [1.82, 2.24) is 15.1 Å². The predicted molar refractivity (Wildman–Crippen MR) is 113 cm³/mol. The molecule has 2 aromatic carbocycles. The molecule has 2 N–H and O–H groups in total. The molecule has 29 heavy (non-hydrogen) atoms. The van der Waals surface area contributed by atoms with Gasteiger partial charge < -0.3 is 15.2 Å². The van der Waals surface area contributed by atoms with Crippen LogP contribution < -0.4 is 10.1 Å². The van der Waals surface area contributed by atoms with Crippen LogP contribution in [0.25, 0.3) is 16.9 Å². The van der Waals surface area contributed by atoms with Crippen molar-refractivity contribution in [2.24, 2.45) is 5.92 Å². The average Bonchev–Trinajstić information content (AvgIpc) is 3.15. The number of rotatable bonds is 9. The van der Waals surface area contributed by atoms with Crippen LogP contribution >= 0.6 is 0 Å². The highest BCUT2D eigenvalue weighted by molar-refractivity contribution is 5.73. The maximum absolute atomic E-state index is 11.2. The van der Waals surface area contributed by atoms with E-state index in [1.165, 1.54) is 0 Å². The van der Waals surface area contributed by atoms with E-state index in [1.807, 2.05) is 65.5 Å². The molecule has 0 saturated heterocycles. The SMILES string of the molecule is CC(C)COc1ccc(-c2nn(-c3ccccc3)cc2CNC(C)C(=O)O)cc1. The Labute approximate surface area is 171 Å². The minimum Gasteiger partial charge on any atom is -0.493 e. The predicted octanol–water partition coefficient (Wildman–Crippen LogP) is 4.14. The van der Waals surface area contributed by atoms with E-state index in [9.17, 15) is 4.79 Å². The molecule has 6 nitrogen and oxygen atoms in total. The third-order valence-electron chi connectivity index (χ3n) is 4.49. The minimum absolute atomic E-state index is 0.404. The zero-order chi connectivity index (χ0) is 20.8. The number of aliphatic carboxylic acids is 1. The van der Waals surface area contributed by atoms with Gasteiger partial charge in [0.2, 0.25) is 0 Å². The van der Waals surface area contributed by atoms with E-state index in [-0.39, 0.29) is 0 Å². The first-order valence-corrected chi connectivity index (χ1v) is 9.77. The topological polar surface area (TPSA) is 76.4 Å². The van der Waals surface area contributed by atoms with Crippen molar-refractivity contribution in [2.75, 3.05) is 6.61 Å². The molecule has 0 bridgehead atoms. The molecule has 1 heterocycles. The first kappa shape index (κ1) is 20.6. The summed E-state index contributed by atoms with van der Waals surface area (Å²) in [5.41, 5.74) is 3.65. The molecule has 0 amide bonds. The van der Waals surface area contributed by atoms with Crippen LogP contribution in [-0.2, 0) is 11.3 Å². The number of carboxylic acids is 1. The van der Waals surface area contributed by atoms with Gasteiger partial charge in [0.15, 0.2) is 0 Å². The van der Waals surface area contributed by atoms with Crippen LogP contribution in [-0.4, -0.2) is 33.5 Å². The summed E-state index contributed by atoms with van der Waals surface area (Å²) >= 11 is 0. The van der Waals surface area contributed by atoms with Gasteiger partial charge in [0.1, 0.15) is 11.8 Å². The first-order chi connectivity index (χ1) is 13.9. The number of hydrogen-bond acceptors (Lipinski definition) is 4. The van der Waals surface area contributed by atoms with Gasteiger partial charge in [-0.1, -0.05) is 32.0 Å². The smallest absolute Gasteiger partial charge is 0.320 e. The Balaban J connectivity index is 1.88. The lowest BCUT2D eigenvalue weighted by molar-refractivity contribution is -0.139. The third-order valence-corrected chi connectivity index (χ3v) is 4.49. The fourth-order valence-electron chi connectivity index (χ4n) is 2.82. The highest BCUT2D eigenvalue weighted by Crippen LogP contribution is 2.26. The first-order valence-electron chi connectivity index (χ1n) is 9.77. The van der Waals surface area contributed by atoms with Crippen LogP contribution in [0.2, 0.25) is 0 Å². The summed E-state index contributed by atoms with van der Waals surface area (Å²) in [5, 5.41) is 17.0. The minimum atomic E-state index is -0.881. The van der Waals surface area contributed by atoms with Gasteiger partial charge in [0.05, 0.1) is 18.0 Å². The van der Waals surface area contributed by atoms with Crippen molar-refractivity contribution in [2.45, 2.75) is 33.4 Å². The summed E-state index contributed by atoms with van der Waals surface area (Å²) in [4.78, 5) is 11.2. The summed E-state index contributed by atoms with van der Waals surface area (Å²) in [7, 11) is 0. The number of hydrogen-bond donors (Lipinski definition) is 2. The molecule has 0 fully saturated rings. The Morgan fingerprint density at radius 3 is 2.41 bits per heavy atom. The Morgan fingerprint density at radius 1 is 1.10 bits per heavy atom. The molecule has 0 saturated carbocycles.